The molecule has 0 unspecified atom stereocenters. The van der Waals surface area contributed by atoms with Gasteiger partial charge in [-0.1, -0.05) is 12.1 Å². The lowest BCUT2D eigenvalue weighted by Crippen LogP contribution is -2.05. The summed E-state index contributed by atoms with van der Waals surface area (Å²) >= 11 is 1.61. The van der Waals surface area contributed by atoms with Crippen molar-refractivity contribution < 1.29 is 0 Å². The molecule has 0 saturated heterocycles. The summed E-state index contributed by atoms with van der Waals surface area (Å²) in [6, 6.07) is 6.32. The smallest absolute Gasteiger partial charge is 0.212 e. The van der Waals surface area contributed by atoms with Gasteiger partial charge in [-0.3, -0.25) is 0 Å². The molecule has 0 spiro atoms. The largest absolute Gasteiger partial charge is 0.330 e. The fraction of sp³-hybridized carbons (Fsp3) is 0.286. The molecule has 0 atom stereocenters. The molecular weight excluding hydrogens is 256 g/mol. The van der Waals surface area contributed by atoms with Crippen LogP contribution in [-0.2, 0) is 6.42 Å². The Morgan fingerprint density at radius 2 is 2.11 bits per heavy atom. The van der Waals surface area contributed by atoms with Crippen LogP contribution in [0.5, 0.6) is 0 Å². The SMILES string of the molecule is Cc1ccc(-c2nc3scc(CCN)n3n2)cc1C. The van der Waals surface area contributed by atoms with Gasteiger partial charge in [-0.25, -0.2) is 4.52 Å². The van der Waals surface area contributed by atoms with Gasteiger partial charge in [-0.05, 0) is 37.6 Å². The van der Waals surface area contributed by atoms with Gasteiger partial charge in [0.15, 0.2) is 5.82 Å². The monoisotopic (exact) mass is 272 g/mol. The Balaban J connectivity index is 2.07. The number of nitrogens with two attached hydrogens (primary N) is 1. The summed E-state index contributed by atoms with van der Waals surface area (Å²) in [5.74, 6) is 0.785. The van der Waals surface area contributed by atoms with Crippen LogP contribution in [0.4, 0.5) is 0 Å². The van der Waals surface area contributed by atoms with Crippen LogP contribution in [0.25, 0.3) is 16.3 Å². The Kier molecular flexibility index (Phi) is 3.08. The molecule has 5 heteroatoms. The number of fused-ring (bicyclic) bond motifs is 1. The molecule has 3 rings (SSSR count). The van der Waals surface area contributed by atoms with E-state index in [0.29, 0.717) is 6.54 Å². The van der Waals surface area contributed by atoms with Crippen LogP contribution >= 0.6 is 11.3 Å². The number of hydrogen-bond acceptors (Lipinski definition) is 4. The van der Waals surface area contributed by atoms with Crippen LogP contribution in [0, 0.1) is 13.8 Å². The van der Waals surface area contributed by atoms with Gasteiger partial charge in [0.25, 0.3) is 0 Å². The minimum Gasteiger partial charge on any atom is -0.330 e. The van der Waals surface area contributed by atoms with E-state index >= 15 is 0 Å². The van der Waals surface area contributed by atoms with Crippen LogP contribution in [0.15, 0.2) is 23.6 Å². The molecule has 19 heavy (non-hydrogen) atoms. The summed E-state index contributed by atoms with van der Waals surface area (Å²) in [6.45, 7) is 4.85. The van der Waals surface area contributed by atoms with Crippen molar-refractivity contribution in [2.24, 2.45) is 5.73 Å². The molecule has 0 aliphatic carbocycles. The van der Waals surface area contributed by atoms with Gasteiger partial charge in [-0.2, -0.15) is 4.98 Å². The van der Waals surface area contributed by atoms with E-state index in [9.17, 15) is 0 Å². The third kappa shape index (κ3) is 2.15. The highest BCUT2D eigenvalue weighted by atomic mass is 32.1. The van der Waals surface area contributed by atoms with E-state index in [0.717, 1.165) is 28.5 Å². The second-order valence-corrected chi connectivity index (χ2v) is 5.53. The summed E-state index contributed by atoms with van der Waals surface area (Å²) in [7, 11) is 0. The van der Waals surface area contributed by atoms with Crippen molar-refractivity contribution in [2.75, 3.05) is 6.54 Å². The number of aryl methyl sites for hydroxylation is 2. The Bertz CT molecular complexity index is 726. The lowest BCUT2D eigenvalue weighted by atomic mass is 10.1. The van der Waals surface area contributed by atoms with Gasteiger partial charge < -0.3 is 5.73 Å². The molecule has 0 fully saturated rings. The van der Waals surface area contributed by atoms with Crippen molar-refractivity contribution >= 4 is 16.3 Å². The lowest BCUT2D eigenvalue weighted by Gasteiger charge is -2.01. The molecular formula is C14H16N4S. The number of thiazole rings is 1. The Labute approximate surface area is 115 Å². The zero-order valence-corrected chi connectivity index (χ0v) is 11.9. The predicted octanol–water partition coefficient (Wildman–Crippen LogP) is 2.58. The van der Waals surface area contributed by atoms with Gasteiger partial charge in [0, 0.05) is 17.4 Å². The summed E-state index contributed by atoms with van der Waals surface area (Å²) in [5.41, 5.74) is 10.4. The first-order chi connectivity index (χ1) is 9.19. The molecule has 4 nitrogen and oxygen atoms in total. The summed E-state index contributed by atoms with van der Waals surface area (Å²) in [6.07, 6.45) is 0.829. The fourth-order valence-corrected chi connectivity index (χ4v) is 2.90. The zero-order valence-electron chi connectivity index (χ0n) is 11.1. The minimum atomic E-state index is 0.630. The molecule has 1 aromatic carbocycles. The van der Waals surface area contributed by atoms with E-state index in [-0.39, 0.29) is 0 Å². The topological polar surface area (TPSA) is 56.2 Å². The second kappa shape index (κ2) is 4.75. The highest BCUT2D eigenvalue weighted by Gasteiger charge is 2.11. The van der Waals surface area contributed by atoms with Crippen molar-refractivity contribution in [1.29, 1.82) is 0 Å². The van der Waals surface area contributed by atoms with Gasteiger partial charge in [0.2, 0.25) is 4.96 Å². The van der Waals surface area contributed by atoms with Crippen molar-refractivity contribution in [3.63, 3.8) is 0 Å². The van der Waals surface area contributed by atoms with E-state index in [4.69, 9.17) is 5.73 Å². The first kappa shape index (κ1) is 12.3. The third-order valence-corrected chi connectivity index (χ3v) is 4.18. The predicted molar refractivity (Wildman–Crippen MR) is 78.5 cm³/mol. The third-order valence-electron chi connectivity index (χ3n) is 3.32. The first-order valence-electron chi connectivity index (χ1n) is 6.30. The van der Waals surface area contributed by atoms with E-state index in [1.165, 1.54) is 11.1 Å². The molecule has 0 bridgehead atoms. The highest BCUT2D eigenvalue weighted by molar-refractivity contribution is 7.15. The van der Waals surface area contributed by atoms with Crippen LogP contribution in [0.2, 0.25) is 0 Å². The summed E-state index contributed by atoms with van der Waals surface area (Å²) < 4.78 is 1.90. The van der Waals surface area contributed by atoms with Crippen LogP contribution in [0.3, 0.4) is 0 Å². The van der Waals surface area contributed by atoms with Crippen LogP contribution < -0.4 is 5.73 Å². The minimum absolute atomic E-state index is 0.630. The molecule has 0 amide bonds. The normalized spacial score (nSPS) is 11.3. The van der Waals surface area contributed by atoms with Crippen molar-refractivity contribution in [1.82, 2.24) is 14.6 Å². The number of benzene rings is 1. The number of hydrogen-bond donors (Lipinski definition) is 1. The second-order valence-electron chi connectivity index (χ2n) is 4.69. The zero-order chi connectivity index (χ0) is 13.4. The molecule has 0 radical (unpaired) electrons. The number of nitrogens with zero attached hydrogens (tertiary/aromatic N) is 3. The highest BCUT2D eigenvalue weighted by Crippen LogP contribution is 2.22. The summed E-state index contributed by atoms with van der Waals surface area (Å²) in [4.78, 5) is 5.51. The Morgan fingerprint density at radius 1 is 1.26 bits per heavy atom. The van der Waals surface area contributed by atoms with Crippen molar-refractivity contribution in [3.8, 4) is 11.4 Å². The average molecular weight is 272 g/mol. The standard InChI is InChI=1S/C14H16N4S/c1-9-3-4-11(7-10(9)2)13-16-14-18(17-13)12(5-6-15)8-19-14/h3-4,7-8H,5-6,15H2,1-2H3. The van der Waals surface area contributed by atoms with Gasteiger partial charge in [-0.15, -0.1) is 16.4 Å². The fourth-order valence-electron chi connectivity index (χ4n) is 2.05. The molecule has 3 aromatic rings. The maximum Gasteiger partial charge on any atom is 0.212 e. The molecule has 2 heterocycles. The first-order valence-corrected chi connectivity index (χ1v) is 7.18. The maximum atomic E-state index is 5.61. The molecule has 0 saturated carbocycles. The molecule has 2 aromatic heterocycles. The van der Waals surface area contributed by atoms with Gasteiger partial charge in [0.05, 0.1) is 5.69 Å². The molecule has 98 valence electrons. The van der Waals surface area contributed by atoms with Gasteiger partial charge in [0.1, 0.15) is 0 Å². The molecule has 0 aliphatic rings. The van der Waals surface area contributed by atoms with Crippen LogP contribution in [0.1, 0.15) is 16.8 Å². The van der Waals surface area contributed by atoms with E-state index < -0.39 is 0 Å². The van der Waals surface area contributed by atoms with E-state index in [1.54, 1.807) is 11.3 Å². The van der Waals surface area contributed by atoms with Gasteiger partial charge >= 0.3 is 0 Å². The average Bonchev–Trinajstić information content (AvgIpc) is 2.95. The Hall–Kier alpha value is -1.72. The quantitative estimate of drug-likeness (QED) is 0.797. The molecule has 0 aliphatic heterocycles. The summed E-state index contributed by atoms with van der Waals surface area (Å²) in [5, 5.41) is 6.67. The maximum absolute atomic E-state index is 5.61. The molecule has 2 N–H and O–H groups in total. The van der Waals surface area contributed by atoms with Crippen LogP contribution in [-0.4, -0.2) is 21.1 Å². The van der Waals surface area contributed by atoms with E-state index in [2.05, 4.69) is 47.5 Å². The van der Waals surface area contributed by atoms with Crippen molar-refractivity contribution in [2.45, 2.75) is 20.3 Å². The van der Waals surface area contributed by atoms with E-state index in [1.807, 2.05) is 4.52 Å². The lowest BCUT2D eigenvalue weighted by molar-refractivity contribution is 0.844. The van der Waals surface area contributed by atoms with Crippen molar-refractivity contribution in [3.05, 3.63) is 40.4 Å². The number of aromatic nitrogens is 3. The number of rotatable bonds is 3. The Morgan fingerprint density at radius 3 is 2.84 bits per heavy atom.